The molecule has 1 unspecified atom stereocenters. The van der Waals surface area contributed by atoms with Gasteiger partial charge in [0.15, 0.2) is 6.10 Å². The Bertz CT molecular complexity index is 930. The summed E-state index contributed by atoms with van der Waals surface area (Å²) in [4.78, 5) is 24.5. The Kier molecular flexibility index (Phi) is 4.90. The number of esters is 1. The van der Waals surface area contributed by atoms with Gasteiger partial charge in [0, 0.05) is 21.1 Å². The Morgan fingerprint density at radius 2 is 1.80 bits per heavy atom. The van der Waals surface area contributed by atoms with Crippen LogP contribution in [0.5, 0.6) is 0 Å². The van der Waals surface area contributed by atoms with Crippen LogP contribution in [0.25, 0.3) is 11.0 Å². The van der Waals surface area contributed by atoms with Crippen molar-refractivity contribution in [3.63, 3.8) is 0 Å². The van der Waals surface area contributed by atoms with Gasteiger partial charge in [-0.3, -0.25) is 4.79 Å². The molecule has 1 amide bonds. The summed E-state index contributed by atoms with van der Waals surface area (Å²) in [5.74, 6) is -0.957. The van der Waals surface area contributed by atoms with Crippen molar-refractivity contribution < 1.29 is 18.7 Å². The van der Waals surface area contributed by atoms with Gasteiger partial charge < -0.3 is 14.5 Å². The van der Waals surface area contributed by atoms with Crippen molar-refractivity contribution >= 4 is 44.5 Å². The Morgan fingerprint density at radius 1 is 1.12 bits per heavy atom. The predicted molar refractivity (Wildman–Crippen MR) is 98.6 cm³/mol. The van der Waals surface area contributed by atoms with E-state index >= 15 is 0 Å². The van der Waals surface area contributed by atoms with Gasteiger partial charge in [0.2, 0.25) is 5.76 Å². The van der Waals surface area contributed by atoms with Crippen molar-refractivity contribution in [1.82, 2.24) is 0 Å². The number of anilines is 1. The van der Waals surface area contributed by atoms with Crippen LogP contribution in [0.1, 0.15) is 23.0 Å². The number of carbonyl (C=O) groups excluding carboxylic acids is 2. The third kappa shape index (κ3) is 3.74. The number of halogens is 1. The number of benzene rings is 2. The van der Waals surface area contributed by atoms with E-state index in [1.54, 1.807) is 25.1 Å². The van der Waals surface area contributed by atoms with E-state index in [2.05, 4.69) is 21.2 Å². The van der Waals surface area contributed by atoms with Crippen LogP contribution in [-0.4, -0.2) is 18.0 Å². The molecule has 6 heteroatoms. The number of amides is 1. The standard InChI is InChI=1S/C19H16BrNO4/c1-11-15-5-3-4-6-16(15)25-17(11)19(23)24-12(2)18(22)21-14-9-7-13(20)8-10-14/h3-10,12H,1-2H3,(H,21,22). The number of fused-ring (bicyclic) bond motifs is 1. The van der Waals surface area contributed by atoms with Crippen molar-refractivity contribution in [3.8, 4) is 0 Å². The first-order chi connectivity index (χ1) is 12.0. The Morgan fingerprint density at radius 3 is 2.48 bits per heavy atom. The molecule has 0 radical (unpaired) electrons. The normalized spacial score (nSPS) is 12.0. The SMILES string of the molecule is Cc1c(C(=O)OC(C)C(=O)Nc2ccc(Br)cc2)oc2ccccc12. The largest absolute Gasteiger partial charge is 0.449 e. The lowest BCUT2D eigenvalue weighted by atomic mass is 10.1. The number of hydrogen-bond donors (Lipinski definition) is 1. The number of rotatable bonds is 4. The van der Waals surface area contributed by atoms with Crippen LogP contribution in [0.2, 0.25) is 0 Å². The highest BCUT2D eigenvalue weighted by atomic mass is 79.9. The molecule has 2 aromatic carbocycles. The van der Waals surface area contributed by atoms with Crippen LogP contribution >= 0.6 is 15.9 Å². The third-order valence-corrected chi connectivity index (χ3v) is 4.32. The summed E-state index contributed by atoms with van der Waals surface area (Å²) in [5, 5.41) is 3.55. The summed E-state index contributed by atoms with van der Waals surface area (Å²) in [6, 6.07) is 14.5. The smallest absolute Gasteiger partial charge is 0.375 e. The van der Waals surface area contributed by atoms with E-state index in [4.69, 9.17) is 9.15 Å². The molecule has 5 nitrogen and oxygen atoms in total. The minimum atomic E-state index is -0.955. The highest BCUT2D eigenvalue weighted by Crippen LogP contribution is 2.25. The lowest BCUT2D eigenvalue weighted by molar-refractivity contribution is -0.123. The molecule has 0 bridgehead atoms. The van der Waals surface area contributed by atoms with Gasteiger partial charge in [0.05, 0.1) is 0 Å². The van der Waals surface area contributed by atoms with E-state index in [9.17, 15) is 9.59 Å². The molecule has 128 valence electrons. The second-order valence-electron chi connectivity index (χ2n) is 5.60. The fourth-order valence-corrected chi connectivity index (χ4v) is 2.68. The third-order valence-electron chi connectivity index (χ3n) is 3.79. The molecule has 0 aliphatic rings. The molecule has 25 heavy (non-hydrogen) atoms. The quantitative estimate of drug-likeness (QED) is 0.643. The zero-order chi connectivity index (χ0) is 18.0. The maximum absolute atomic E-state index is 12.3. The van der Waals surface area contributed by atoms with Crippen LogP contribution in [0.4, 0.5) is 5.69 Å². The Hall–Kier alpha value is -2.60. The molecule has 1 heterocycles. The number of aryl methyl sites for hydroxylation is 1. The molecule has 1 N–H and O–H groups in total. The van der Waals surface area contributed by atoms with E-state index in [-0.39, 0.29) is 5.76 Å². The molecule has 3 rings (SSSR count). The van der Waals surface area contributed by atoms with Crippen LogP contribution < -0.4 is 5.32 Å². The van der Waals surface area contributed by atoms with Crippen LogP contribution in [-0.2, 0) is 9.53 Å². The number of carbonyl (C=O) groups is 2. The van der Waals surface area contributed by atoms with Crippen molar-refractivity contribution in [1.29, 1.82) is 0 Å². The van der Waals surface area contributed by atoms with Crippen molar-refractivity contribution in [2.24, 2.45) is 0 Å². The molecule has 1 atom stereocenters. The molecule has 0 aliphatic heterocycles. The molecule has 0 saturated carbocycles. The monoisotopic (exact) mass is 401 g/mol. The summed E-state index contributed by atoms with van der Waals surface area (Å²) in [6.45, 7) is 3.30. The fraction of sp³-hybridized carbons (Fsp3) is 0.158. The minimum Gasteiger partial charge on any atom is -0.449 e. The average molecular weight is 402 g/mol. The Balaban J connectivity index is 1.69. The van der Waals surface area contributed by atoms with Crippen LogP contribution in [0, 0.1) is 6.92 Å². The molecule has 0 fully saturated rings. The highest BCUT2D eigenvalue weighted by Gasteiger charge is 2.24. The summed E-state index contributed by atoms with van der Waals surface area (Å²) in [7, 11) is 0. The maximum Gasteiger partial charge on any atom is 0.375 e. The van der Waals surface area contributed by atoms with Gasteiger partial charge in [0.1, 0.15) is 5.58 Å². The lowest BCUT2D eigenvalue weighted by Gasteiger charge is -2.13. The first kappa shape index (κ1) is 17.2. The second-order valence-corrected chi connectivity index (χ2v) is 6.51. The molecule has 0 saturated heterocycles. The molecular formula is C19H16BrNO4. The van der Waals surface area contributed by atoms with Crippen LogP contribution in [0.3, 0.4) is 0 Å². The summed E-state index contributed by atoms with van der Waals surface area (Å²) in [5.41, 5.74) is 1.93. The maximum atomic E-state index is 12.3. The summed E-state index contributed by atoms with van der Waals surface area (Å²) in [6.07, 6.45) is -0.955. The van der Waals surface area contributed by atoms with E-state index in [0.717, 1.165) is 9.86 Å². The van der Waals surface area contributed by atoms with Gasteiger partial charge >= 0.3 is 5.97 Å². The zero-order valence-electron chi connectivity index (χ0n) is 13.7. The van der Waals surface area contributed by atoms with Gasteiger partial charge in [0.25, 0.3) is 5.91 Å². The Labute approximate surface area is 153 Å². The van der Waals surface area contributed by atoms with Crippen LogP contribution in [0.15, 0.2) is 57.4 Å². The van der Waals surface area contributed by atoms with E-state index in [1.165, 1.54) is 6.92 Å². The fourth-order valence-electron chi connectivity index (χ4n) is 2.41. The van der Waals surface area contributed by atoms with Crippen molar-refractivity contribution in [2.45, 2.75) is 20.0 Å². The first-order valence-electron chi connectivity index (χ1n) is 7.71. The highest BCUT2D eigenvalue weighted by molar-refractivity contribution is 9.10. The predicted octanol–water partition coefficient (Wildman–Crippen LogP) is 4.69. The molecular weight excluding hydrogens is 386 g/mol. The lowest BCUT2D eigenvalue weighted by Crippen LogP contribution is -2.30. The van der Waals surface area contributed by atoms with Crippen molar-refractivity contribution in [3.05, 3.63) is 64.3 Å². The minimum absolute atomic E-state index is 0.115. The average Bonchev–Trinajstić information content (AvgIpc) is 2.94. The number of ether oxygens (including phenoxy) is 1. The molecule has 3 aromatic rings. The van der Waals surface area contributed by atoms with E-state index in [0.29, 0.717) is 16.8 Å². The summed E-state index contributed by atoms with van der Waals surface area (Å²) >= 11 is 3.33. The van der Waals surface area contributed by atoms with E-state index in [1.807, 2.05) is 30.3 Å². The van der Waals surface area contributed by atoms with Gasteiger partial charge in [-0.25, -0.2) is 4.79 Å². The van der Waals surface area contributed by atoms with Gasteiger partial charge in [-0.15, -0.1) is 0 Å². The zero-order valence-corrected chi connectivity index (χ0v) is 15.3. The molecule has 1 aromatic heterocycles. The number of hydrogen-bond acceptors (Lipinski definition) is 4. The topological polar surface area (TPSA) is 68.5 Å². The van der Waals surface area contributed by atoms with Gasteiger partial charge in [-0.05, 0) is 44.2 Å². The van der Waals surface area contributed by atoms with Crippen molar-refractivity contribution in [2.75, 3.05) is 5.32 Å². The number of furan rings is 1. The first-order valence-corrected chi connectivity index (χ1v) is 8.50. The van der Waals surface area contributed by atoms with Gasteiger partial charge in [-0.2, -0.15) is 0 Å². The van der Waals surface area contributed by atoms with E-state index < -0.39 is 18.0 Å². The number of para-hydroxylation sites is 1. The summed E-state index contributed by atoms with van der Waals surface area (Å²) < 4.78 is 11.7. The molecule has 0 spiro atoms. The number of nitrogens with one attached hydrogen (secondary N) is 1. The van der Waals surface area contributed by atoms with Gasteiger partial charge in [-0.1, -0.05) is 34.1 Å². The second kappa shape index (κ2) is 7.11. The molecule has 0 aliphatic carbocycles.